The van der Waals surface area contributed by atoms with Crippen LogP contribution in [0.5, 0.6) is 0 Å². The van der Waals surface area contributed by atoms with E-state index < -0.39 is 0 Å². The van der Waals surface area contributed by atoms with Crippen LogP contribution in [0.25, 0.3) is 0 Å². The van der Waals surface area contributed by atoms with E-state index in [-0.39, 0.29) is 11.8 Å². The van der Waals surface area contributed by atoms with Gasteiger partial charge in [-0.2, -0.15) is 0 Å². The first-order valence-corrected chi connectivity index (χ1v) is 10.2. The maximum atomic E-state index is 12.4. The fourth-order valence-corrected chi connectivity index (χ4v) is 5.03. The predicted octanol–water partition coefficient (Wildman–Crippen LogP) is 1.85. The molecule has 4 rings (SSSR count). The van der Waals surface area contributed by atoms with Crippen molar-refractivity contribution in [2.75, 3.05) is 36.4 Å². The third kappa shape index (κ3) is 3.93. The van der Waals surface area contributed by atoms with E-state index >= 15 is 0 Å². The quantitative estimate of drug-likeness (QED) is 0.865. The molecule has 0 bridgehead atoms. The molecule has 5 heteroatoms. The van der Waals surface area contributed by atoms with Gasteiger partial charge >= 0.3 is 0 Å². The monoisotopic (exact) mass is 356 g/mol. The number of benzene rings is 1. The maximum Gasteiger partial charge on any atom is 0.279 e. The Morgan fingerprint density at radius 1 is 1.08 bits per heavy atom. The van der Waals surface area contributed by atoms with Gasteiger partial charge in [0.15, 0.2) is 6.54 Å². The highest BCUT2D eigenvalue weighted by Gasteiger charge is 2.34. The normalized spacial score (nSPS) is 28.7. The number of carbonyl (C=O) groups is 2. The Labute approximate surface area is 155 Å². The largest absolute Gasteiger partial charge is 0.327 e. The molecule has 1 unspecified atom stereocenters. The van der Waals surface area contributed by atoms with E-state index in [4.69, 9.17) is 0 Å². The molecular weight excluding hydrogens is 326 g/mol. The maximum absolute atomic E-state index is 12.4. The van der Waals surface area contributed by atoms with Gasteiger partial charge in [0.2, 0.25) is 5.91 Å². The summed E-state index contributed by atoms with van der Waals surface area (Å²) in [7, 11) is 0. The molecule has 2 N–H and O–H groups in total. The van der Waals surface area contributed by atoms with Gasteiger partial charge in [0.1, 0.15) is 0 Å². The fourth-order valence-electron chi connectivity index (χ4n) is 5.03. The molecule has 1 aromatic carbocycles. The number of fused-ring (bicyclic) bond motifs is 1. The van der Waals surface area contributed by atoms with Crippen molar-refractivity contribution in [2.45, 2.75) is 44.9 Å². The van der Waals surface area contributed by atoms with E-state index in [1.807, 2.05) is 29.2 Å². The predicted molar refractivity (Wildman–Crippen MR) is 102 cm³/mol. The number of rotatable bonds is 4. The van der Waals surface area contributed by atoms with Crippen LogP contribution in [0.1, 0.15) is 44.9 Å². The zero-order chi connectivity index (χ0) is 17.9. The molecule has 0 spiro atoms. The lowest BCUT2D eigenvalue weighted by molar-refractivity contribution is -0.902. The summed E-state index contributed by atoms with van der Waals surface area (Å²) in [5.74, 6) is 2.03. The van der Waals surface area contributed by atoms with Crippen molar-refractivity contribution >= 4 is 23.2 Å². The average Bonchev–Trinajstić information content (AvgIpc) is 3.08. The summed E-state index contributed by atoms with van der Waals surface area (Å²) in [5, 5.41) is 3.03. The van der Waals surface area contributed by atoms with E-state index in [1.165, 1.54) is 37.0 Å². The number of nitrogens with zero attached hydrogens (tertiary/aromatic N) is 1. The Morgan fingerprint density at radius 2 is 1.85 bits per heavy atom. The van der Waals surface area contributed by atoms with E-state index in [9.17, 15) is 9.59 Å². The molecule has 2 aliphatic heterocycles. The van der Waals surface area contributed by atoms with Gasteiger partial charge in [0.05, 0.1) is 13.1 Å². The molecule has 2 amide bonds. The summed E-state index contributed by atoms with van der Waals surface area (Å²) in [6.07, 6.45) is 8.37. The van der Waals surface area contributed by atoms with Crippen molar-refractivity contribution in [2.24, 2.45) is 11.8 Å². The molecule has 1 saturated carbocycles. The van der Waals surface area contributed by atoms with Gasteiger partial charge in [0, 0.05) is 30.3 Å². The summed E-state index contributed by atoms with van der Waals surface area (Å²) in [5.41, 5.74) is 1.74. The molecule has 3 atom stereocenters. The summed E-state index contributed by atoms with van der Waals surface area (Å²) >= 11 is 0. The lowest BCUT2D eigenvalue weighted by Gasteiger charge is -2.38. The molecule has 5 nitrogen and oxygen atoms in total. The van der Waals surface area contributed by atoms with Gasteiger partial charge < -0.3 is 15.1 Å². The second-order valence-corrected chi connectivity index (χ2v) is 8.22. The van der Waals surface area contributed by atoms with Crippen LogP contribution in [-0.2, 0) is 9.59 Å². The van der Waals surface area contributed by atoms with Crippen LogP contribution in [0.15, 0.2) is 24.3 Å². The number of hydrogen-bond acceptors (Lipinski definition) is 2. The first kappa shape index (κ1) is 17.5. The fraction of sp³-hybridized carbons (Fsp3) is 0.619. The molecule has 3 fully saturated rings. The van der Waals surface area contributed by atoms with Gasteiger partial charge in [-0.3, -0.25) is 9.59 Å². The summed E-state index contributed by atoms with van der Waals surface area (Å²) in [4.78, 5) is 27.5. The van der Waals surface area contributed by atoms with Gasteiger partial charge in [-0.15, -0.1) is 0 Å². The summed E-state index contributed by atoms with van der Waals surface area (Å²) < 4.78 is 0. The Kier molecular flexibility index (Phi) is 5.25. The second kappa shape index (κ2) is 7.78. The highest BCUT2D eigenvalue weighted by Crippen LogP contribution is 2.32. The molecule has 3 aliphatic rings. The van der Waals surface area contributed by atoms with E-state index in [1.54, 1.807) is 0 Å². The van der Waals surface area contributed by atoms with Gasteiger partial charge in [-0.1, -0.05) is 12.8 Å². The number of carbonyl (C=O) groups excluding carboxylic acids is 2. The molecule has 0 radical (unpaired) electrons. The van der Waals surface area contributed by atoms with E-state index in [0.29, 0.717) is 13.0 Å². The molecule has 1 aliphatic carbocycles. The van der Waals surface area contributed by atoms with Crippen molar-refractivity contribution in [1.82, 2.24) is 0 Å². The minimum Gasteiger partial charge on any atom is -0.327 e. The molecule has 1 aromatic rings. The Hall–Kier alpha value is -1.88. The molecule has 2 saturated heterocycles. The van der Waals surface area contributed by atoms with Crippen LogP contribution < -0.4 is 15.1 Å². The average molecular weight is 356 g/mol. The van der Waals surface area contributed by atoms with Crippen molar-refractivity contribution in [3.8, 4) is 0 Å². The molecule has 140 valence electrons. The summed E-state index contributed by atoms with van der Waals surface area (Å²) in [6, 6.07) is 7.67. The second-order valence-electron chi connectivity index (χ2n) is 8.22. The van der Waals surface area contributed by atoms with Crippen LogP contribution in [0.4, 0.5) is 11.4 Å². The van der Waals surface area contributed by atoms with Crippen LogP contribution >= 0.6 is 0 Å². The number of quaternary nitrogens is 1. The van der Waals surface area contributed by atoms with Gasteiger partial charge in [0.25, 0.3) is 5.91 Å². The number of piperidine rings is 1. The molecule has 2 heterocycles. The minimum absolute atomic E-state index is 0.0965. The highest BCUT2D eigenvalue weighted by atomic mass is 16.2. The number of anilines is 2. The van der Waals surface area contributed by atoms with Crippen LogP contribution in [0.2, 0.25) is 0 Å². The summed E-state index contributed by atoms with van der Waals surface area (Å²) in [6.45, 7) is 3.65. The molecular formula is C21H30N3O2+. The lowest BCUT2D eigenvalue weighted by atomic mass is 9.75. The molecule has 0 aromatic heterocycles. The third-order valence-electron chi connectivity index (χ3n) is 6.43. The smallest absolute Gasteiger partial charge is 0.279 e. The first-order valence-electron chi connectivity index (χ1n) is 10.2. The van der Waals surface area contributed by atoms with Crippen molar-refractivity contribution in [3.05, 3.63) is 24.3 Å². The van der Waals surface area contributed by atoms with Crippen molar-refractivity contribution in [1.29, 1.82) is 0 Å². The van der Waals surface area contributed by atoms with Crippen LogP contribution in [-0.4, -0.2) is 38.0 Å². The van der Waals surface area contributed by atoms with Crippen LogP contribution in [0.3, 0.4) is 0 Å². The zero-order valence-electron chi connectivity index (χ0n) is 15.5. The number of nitrogens with one attached hydrogen (secondary N) is 2. The molecule has 26 heavy (non-hydrogen) atoms. The topological polar surface area (TPSA) is 53.9 Å². The third-order valence-corrected chi connectivity index (χ3v) is 6.43. The minimum atomic E-state index is 0.0965. The highest BCUT2D eigenvalue weighted by molar-refractivity contribution is 5.96. The van der Waals surface area contributed by atoms with Crippen LogP contribution in [0, 0.1) is 11.8 Å². The number of hydrogen-bond donors (Lipinski definition) is 2. The van der Waals surface area contributed by atoms with Crippen molar-refractivity contribution in [3.63, 3.8) is 0 Å². The van der Waals surface area contributed by atoms with Gasteiger partial charge in [-0.05, 0) is 55.9 Å². The zero-order valence-corrected chi connectivity index (χ0v) is 15.5. The lowest BCUT2D eigenvalue weighted by Crippen LogP contribution is -3.15. The SMILES string of the molecule is O=C(C[NH+]1CC[C@@H]2CCCC[C@@H]2C1)Nc1ccc(N2CCCC2=O)cc1. The van der Waals surface area contributed by atoms with E-state index in [2.05, 4.69) is 5.32 Å². The number of likely N-dealkylation sites (tertiary alicyclic amines) is 1. The Morgan fingerprint density at radius 3 is 2.58 bits per heavy atom. The Balaban J connectivity index is 1.28. The van der Waals surface area contributed by atoms with Gasteiger partial charge in [-0.25, -0.2) is 0 Å². The first-order chi connectivity index (χ1) is 12.7. The van der Waals surface area contributed by atoms with E-state index in [0.717, 1.165) is 49.3 Å². The van der Waals surface area contributed by atoms with Crippen molar-refractivity contribution < 1.29 is 14.5 Å². The number of amides is 2. The Bertz CT molecular complexity index is 658. The standard InChI is InChI=1S/C21H29N3O2/c25-20(15-23-13-11-16-4-1-2-5-17(16)14-23)22-18-7-9-19(10-8-18)24-12-3-6-21(24)26/h7-10,16-17H,1-6,11-15H2,(H,22,25)/p+1/t16-,17+/m0/s1.